The van der Waals surface area contributed by atoms with E-state index < -0.39 is 5.60 Å². The molecule has 0 bridgehead atoms. The Labute approximate surface area is 119 Å². The van der Waals surface area contributed by atoms with Gasteiger partial charge in [-0.3, -0.25) is 0 Å². The average Bonchev–Trinajstić information content (AvgIpc) is 2.37. The lowest BCUT2D eigenvalue weighted by Gasteiger charge is -2.22. The van der Waals surface area contributed by atoms with Crippen molar-refractivity contribution in [2.75, 3.05) is 23.9 Å². The van der Waals surface area contributed by atoms with E-state index in [4.69, 9.17) is 0 Å². The summed E-state index contributed by atoms with van der Waals surface area (Å²) in [6.07, 6.45) is 2.90. The number of carbonyl (C=O) groups excluding carboxylic acids is 1. The average molecular weight is 282 g/mol. The fraction of sp³-hybridized carbons (Fsp3) is 0.500. The second-order valence-corrected chi connectivity index (χ2v) is 5.65. The third-order valence-corrected chi connectivity index (χ3v) is 3.62. The predicted molar refractivity (Wildman–Crippen MR) is 81.8 cm³/mol. The van der Waals surface area contributed by atoms with Crippen LogP contribution in [-0.4, -0.2) is 35.3 Å². The van der Waals surface area contributed by atoms with Gasteiger partial charge in [0.2, 0.25) is 0 Å². The van der Waals surface area contributed by atoms with Crippen LogP contribution < -0.4 is 10.6 Å². The summed E-state index contributed by atoms with van der Waals surface area (Å²) < 4.78 is 0. The maximum atomic E-state index is 11.7. The summed E-state index contributed by atoms with van der Waals surface area (Å²) in [7, 11) is 0. The van der Waals surface area contributed by atoms with Gasteiger partial charge in [0, 0.05) is 18.0 Å². The molecule has 1 aromatic carbocycles. The monoisotopic (exact) mass is 282 g/mol. The summed E-state index contributed by atoms with van der Waals surface area (Å²) in [6, 6.07) is 7.42. The maximum absolute atomic E-state index is 11.7. The van der Waals surface area contributed by atoms with Gasteiger partial charge in [0.25, 0.3) is 0 Å². The van der Waals surface area contributed by atoms with Crippen molar-refractivity contribution in [1.82, 2.24) is 5.32 Å². The van der Waals surface area contributed by atoms with Crippen molar-refractivity contribution >= 4 is 23.5 Å². The van der Waals surface area contributed by atoms with Gasteiger partial charge in [-0.05, 0) is 37.3 Å². The molecule has 3 N–H and O–H groups in total. The van der Waals surface area contributed by atoms with Gasteiger partial charge in [-0.2, -0.15) is 11.8 Å². The number of hydrogen-bond donors (Lipinski definition) is 3. The molecule has 19 heavy (non-hydrogen) atoms. The minimum atomic E-state index is -0.886. The normalized spacial score (nSPS) is 13.7. The Morgan fingerprint density at radius 3 is 2.53 bits per heavy atom. The number of rotatable bonds is 6. The summed E-state index contributed by atoms with van der Waals surface area (Å²) in [4.78, 5) is 11.7. The number of hydrogen-bond acceptors (Lipinski definition) is 3. The predicted octanol–water partition coefficient (Wildman–Crippen LogP) is 2.48. The van der Waals surface area contributed by atoms with Crippen molar-refractivity contribution in [3.05, 3.63) is 29.8 Å². The summed E-state index contributed by atoms with van der Waals surface area (Å²) in [5.74, 6) is 0.582. The van der Waals surface area contributed by atoms with Crippen molar-refractivity contribution in [3.63, 3.8) is 0 Å². The molecule has 0 heterocycles. The first kappa shape index (κ1) is 15.9. The molecule has 5 heteroatoms. The number of benzene rings is 1. The number of carbonyl (C=O) groups is 1. The summed E-state index contributed by atoms with van der Waals surface area (Å²) in [5.41, 5.74) is 1.09. The lowest BCUT2D eigenvalue weighted by Crippen LogP contribution is -2.43. The molecule has 0 aliphatic rings. The zero-order valence-corrected chi connectivity index (χ0v) is 12.5. The number of aliphatic hydroxyl groups is 1. The van der Waals surface area contributed by atoms with Crippen LogP contribution in [0.1, 0.15) is 19.4 Å². The first-order valence-corrected chi connectivity index (χ1v) is 7.71. The largest absolute Gasteiger partial charge is 0.387 e. The highest BCUT2D eigenvalue weighted by atomic mass is 32.2. The van der Waals surface area contributed by atoms with Gasteiger partial charge >= 0.3 is 6.03 Å². The Morgan fingerprint density at radius 2 is 2.00 bits per heavy atom. The van der Waals surface area contributed by atoms with Crippen LogP contribution in [0.15, 0.2) is 24.3 Å². The Hall–Kier alpha value is -1.20. The van der Waals surface area contributed by atoms with E-state index in [2.05, 4.69) is 17.6 Å². The van der Waals surface area contributed by atoms with Crippen molar-refractivity contribution in [1.29, 1.82) is 0 Å². The minimum absolute atomic E-state index is 0.229. The fourth-order valence-corrected chi connectivity index (χ4v) is 2.36. The van der Waals surface area contributed by atoms with Gasteiger partial charge in [0.05, 0.1) is 5.60 Å². The van der Waals surface area contributed by atoms with Gasteiger partial charge in [-0.15, -0.1) is 0 Å². The molecule has 106 valence electrons. The fourth-order valence-electron chi connectivity index (χ4n) is 1.63. The van der Waals surface area contributed by atoms with E-state index in [9.17, 15) is 9.90 Å². The highest BCUT2D eigenvalue weighted by Crippen LogP contribution is 2.11. The second-order valence-electron chi connectivity index (χ2n) is 4.79. The van der Waals surface area contributed by atoms with Crippen LogP contribution in [0.5, 0.6) is 0 Å². The van der Waals surface area contributed by atoms with Gasteiger partial charge in [-0.25, -0.2) is 4.79 Å². The molecule has 0 aliphatic carbocycles. The number of anilines is 1. The van der Waals surface area contributed by atoms with Crippen LogP contribution in [0.2, 0.25) is 0 Å². The van der Waals surface area contributed by atoms with Crippen LogP contribution in [0.25, 0.3) is 0 Å². The molecule has 2 amide bonds. The molecule has 0 fully saturated rings. The number of urea groups is 1. The molecule has 1 unspecified atom stereocenters. The summed E-state index contributed by atoms with van der Waals surface area (Å²) in [6.45, 7) is 4.02. The van der Waals surface area contributed by atoms with Crippen molar-refractivity contribution < 1.29 is 9.90 Å². The molecular weight excluding hydrogens is 260 g/mol. The zero-order valence-electron chi connectivity index (χ0n) is 11.7. The van der Waals surface area contributed by atoms with E-state index >= 15 is 0 Å². The molecule has 1 rings (SSSR count). The third-order valence-electron chi connectivity index (χ3n) is 2.71. The van der Waals surface area contributed by atoms with Crippen LogP contribution in [0.3, 0.4) is 0 Å². The van der Waals surface area contributed by atoms with Gasteiger partial charge in [-0.1, -0.05) is 19.1 Å². The quantitative estimate of drug-likeness (QED) is 0.751. The van der Waals surface area contributed by atoms with E-state index in [1.165, 1.54) is 5.56 Å². The molecule has 1 aromatic rings. The van der Waals surface area contributed by atoms with Crippen molar-refractivity contribution in [2.24, 2.45) is 0 Å². The van der Waals surface area contributed by atoms with Crippen LogP contribution in [-0.2, 0) is 6.42 Å². The van der Waals surface area contributed by atoms with E-state index in [0.717, 1.165) is 12.1 Å². The zero-order chi connectivity index (χ0) is 14.3. The molecule has 0 aromatic heterocycles. The highest BCUT2D eigenvalue weighted by molar-refractivity contribution is 7.98. The third kappa shape index (κ3) is 5.98. The van der Waals surface area contributed by atoms with Crippen molar-refractivity contribution in [2.45, 2.75) is 25.9 Å². The van der Waals surface area contributed by atoms with Gasteiger partial charge in [0.1, 0.15) is 0 Å². The Kier molecular flexibility index (Phi) is 6.18. The maximum Gasteiger partial charge on any atom is 0.319 e. The van der Waals surface area contributed by atoms with Gasteiger partial charge in [0.15, 0.2) is 0 Å². The molecule has 4 nitrogen and oxygen atoms in total. The SMILES string of the molecule is CCc1ccc(NC(=O)NCC(C)(O)CSC)cc1. The molecular formula is C14H22N2O2S. The number of amides is 2. The molecule has 0 spiro atoms. The van der Waals surface area contributed by atoms with E-state index in [-0.39, 0.29) is 12.6 Å². The minimum Gasteiger partial charge on any atom is -0.387 e. The van der Waals surface area contributed by atoms with E-state index in [0.29, 0.717) is 5.75 Å². The molecule has 0 aliphatic heterocycles. The topological polar surface area (TPSA) is 61.4 Å². The first-order chi connectivity index (χ1) is 8.96. The van der Waals surface area contributed by atoms with Crippen LogP contribution in [0, 0.1) is 0 Å². The number of thioether (sulfide) groups is 1. The number of nitrogens with one attached hydrogen (secondary N) is 2. The Morgan fingerprint density at radius 1 is 1.37 bits per heavy atom. The van der Waals surface area contributed by atoms with Gasteiger partial charge < -0.3 is 15.7 Å². The Balaban J connectivity index is 2.42. The van der Waals surface area contributed by atoms with Crippen LogP contribution in [0.4, 0.5) is 10.5 Å². The smallest absolute Gasteiger partial charge is 0.319 e. The molecule has 1 atom stereocenters. The first-order valence-electron chi connectivity index (χ1n) is 6.32. The standard InChI is InChI=1S/C14H22N2O2S/c1-4-11-5-7-12(8-6-11)16-13(17)15-9-14(2,18)10-19-3/h5-8,18H,4,9-10H2,1-3H3,(H2,15,16,17). The van der Waals surface area contributed by atoms with E-state index in [1.54, 1.807) is 18.7 Å². The summed E-state index contributed by atoms with van der Waals surface area (Å²) >= 11 is 1.55. The van der Waals surface area contributed by atoms with Crippen molar-refractivity contribution in [3.8, 4) is 0 Å². The number of aryl methyl sites for hydroxylation is 1. The van der Waals surface area contributed by atoms with Crippen LogP contribution >= 0.6 is 11.8 Å². The highest BCUT2D eigenvalue weighted by Gasteiger charge is 2.20. The Bertz CT molecular complexity index is 404. The molecule has 0 radical (unpaired) electrons. The molecule has 0 saturated heterocycles. The summed E-state index contributed by atoms with van der Waals surface area (Å²) in [5, 5.41) is 15.3. The lowest BCUT2D eigenvalue weighted by molar-refractivity contribution is 0.0876. The molecule has 0 saturated carbocycles. The second kappa shape index (κ2) is 7.40. The van der Waals surface area contributed by atoms with E-state index in [1.807, 2.05) is 30.5 Å². The lowest BCUT2D eigenvalue weighted by atomic mass is 10.1.